The van der Waals surface area contributed by atoms with E-state index in [9.17, 15) is 14.0 Å². The molecule has 5 rings (SSSR count). The number of aryl methyl sites for hydroxylation is 2. The molecular formula is C29H26FNO4. The summed E-state index contributed by atoms with van der Waals surface area (Å²) in [5.74, 6) is -0.234. The first kappa shape index (κ1) is 22.8. The predicted molar refractivity (Wildman–Crippen MR) is 134 cm³/mol. The second-order valence-electron chi connectivity index (χ2n) is 8.93. The third-order valence-corrected chi connectivity index (χ3v) is 6.56. The topological polar surface area (TPSA) is 59.8 Å². The second-order valence-corrected chi connectivity index (χ2v) is 8.93. The zero-order chi connectivity index (χ0) is 24.7. The largest absolute Gasteiger partial charge is 0.494 e. The molecule has 2 heterocycles. The van der Waals surface area contributed by atoms with Gasteiger partial charge in [0.15, 0.2) is 5.43 Å². The number of halogens is 1. The molecule has 0 aliphatic carbocycles. The molecule has 0 fully saturated rings. The maximum Gasteiger partial charge on any atom is 0.295 e. The minimum atomic E-state index is -0.715. The lowest BCUT2D eigenvalue weighted by Crippen LogP contribution is -2.29. The van der Waals surface area contributed by atoms with E-state index in [-0.39, 0.29) is 22.3 Å². The van der Waals surface area contributed by atoms with Crippen molar-refractivity contribution in [2.75, 3.05) is 11.5 Å². The average Bonchev–Trinajstić information content (AvgIpc) is 3.14. The molecule has 1 atom stereocenters. The molecule has 6 heteroatoms. The number of carbonyl (C=O) groups excluding carboxylic acids is 1. The summed E-state index contributed by atoms with van der Waals surface area (Å²) >= 11 is 0. The Labute approximate surface area is 202 Å². The van der Waals surface area contributed by atoms with Crippen molar-refractivity contribution in [2.45, 2.75) is 39.7 Å². The van der Waals surface area contributed by atoms with Gasteiger partial charge in [0.2, 0.25) is 5.76 Å². The van der Waals surface area contributed by atoms with Gasteiger partial charge in [-0.1, -0.05) is 31.5 Å². The van der Waals surface area contributed by atoms with Crippen molar-refractivity contribution in [3.8, 4) is 5.75 Å². The molecule has 3 aromatic carbocycles. The number of unbranched alkanes of at least 4 members (excludes halogenated alkanes) is 1. The van der Waals surface area contributed by atoms with Gasteiger partial charge in [-0.25, -0.2) is 4.39 Å². The Kier molecular flexibility index (Phi) is 5.89. The Morgan fingerprint density at radius 1 is 0.971 bits per heavy atom. The fourth-order valence-corrected chi connectivity index (χ4v) is 4.48. The minimum absolute atomic E-state index is 0.0133. The van der Waals surface area contributed by atoms with Crippen LogP contribution in [0.4, 0.5) is 10.1 Å². The third-order valence-electron chi connectivity index (χ3n) is 6.56. The molecule has 5 nitrogen and oxygen atoms in total. The number of ether oxygens (including phenoxy) is 1. The highest BCUT2D eigenvalue weighted by atomic mass is 19.1. The monoisotopic (exact) mass is 471 g/mol. The van der Waals surface area contributed by atoms with E-state index in [1.807, 2.05) is 56.3 Å². The summed E-state index contributed by atoms with van der Waals surface area (Å²) in [7, 11) is 0. The van der Waals surface area contributed by atoms with Crippen molar-refractivity contribution >= 4 is 22.6 Å². The van der Waals surface area contributed by atoms with E-state index >= 15 is 0 Å². The summed E-state index contributed by atoms with van der Waals surface area (Å²) in [6.45, 7) is 6.70. The highest BCUT2D eigenvalue weighted by molar-refractivity contribution is 6.10. The van der Waals surface area contributed by atoms with Crippen molar-refractivity contribution < 1.29 is 18.3 Å². The zero-order valence-corrected chi connectivity index (χ0v) is 19.9. The Balaban J connectivity index is 1.68. The van der Waals surface area contributed by atoms with Crippen LogP contribution in [0.5, 0.6) is 5.75 Å². The van der Waals surface area contributed by atoms with Gasteiger partial charge in [0.05, 0.1) is 23.6 Å². The van der Waals surface area contributed by atoms with Gasteiger partial charge in [0.1, 0.15) is 17.1 Å². The van der Waals surface area contributed by atoms with E-state index in [2.05, 4.69) is 6.92 Å². The Bertz CT molecular complexity index is 1490. The summed E-state index contributed by atoms with van der Waals surface area (Å²) in [6.07, 6.45) is 1.99. The van der Waals surface area contributed by atoms with Gasteiger partial charge in [-0.05, 0) is 79.4 Å². The van der Waals surface area contributed by atoms with Crippen molar-refractivity contribution in [1.82, 2.24) is 0 Å². The van der Waals surface area contributed by atoms with Crippen molar-refractivity contribution in [3.05, 3.63) is 105 Å². The molecule has 1 aliphatic rings. The number of hydrogen-bond acceptors (Lipinski definition) is 4. The van der Waals surface area contributed by atoms with Crippen LogP contribution in [0, 0.1) is 19.7 Å². The normalized spacial score (nSPS) is 15.0. The number of anilines is 1. The smallest absolute Gasteiger partial charge is 0.295 e. The van der Waals surface area contributed by atoms with Crippen LogP contribution in [-0.2, 0) is 0 Å². The van der Waals surface area contributed by atoms with E-state index in [0.29, 0.717) is 12.3 Å². The van der Waals surface area contributed by atoms with Crippen LogP contribution in [0.1, 0.15) is 58.6 Å². The van der Waals surface area contributed by atoms with Crippen molar-refractivity contribution in [1.29, 1.82) is 0 Å². The van der Waals surface area contributed by atoms with Crippen molar-refractivity contribution in [3.63, 3.8) is 0 Å². The summed E-state index contributed by atoms with van der Waals surface area (Å²) < 4.78 is 25.7. The first-order valence-corrected chi connectivity index (χ1v) is 11.8. The number of hydrogen-bond donors (Lipinski definition) is 0. The van der Waals surface area contributed by atoms with Gasteiger partial charge in [-0.15, -0.1) is 0 Å². The second kappa shape index (κ2) is 9.02. The third kappa shape index (κ3) is 3.99. The van der Waals surface area contributed by atoms with Crippen LogP contribution in [0.2, 0.25) is 0 Å². The highest BCUT2D eigenvalue weighted by Gasteiger charge is 2.43. The molecule has 0 radical (unpaired) electrons. The van der Waals surface area contributed by atoms with E-state index in [0.717, 1.165) is 41.3 Å². The molecule has 0 N–H and O–H groups in total. The zero-order valence-electron chi connectivity index (χ0n) is 19.9. The van der Waals surface area contributed by atoms with Crippen LogP contribution in [0.15, 0.2) is 69.9 Å². The molecular weight excluding hydrogens is 445 g/mol. The molecule has 178 valence electrons. The molecule has 0 spiro atoms. The average molecular weight is 472 g/mol. The maximum atomic E-state index is 14.0. The van der Waals surface area contributed by atoms with E-state index in [1.54, 1.807) is 4.90 Å². The fraction of sp³-hybridized carbons (Fsp3) is 0.241. The Hall–Kier alpha value is -3.93. The van der Waals surface area contributed by atoms with E-state index < -0.39 is 23.2 Å². The van der Waals surface area contributed by atoms with Crippen molar-refractivity contribution in [2.24, 2.45) is 0 Å². The van der Waals surface area contributed by atoms with Crippen LogP contribution in [0.3, 0.4) is 0 Å². The molecule has 1 amide bonds. The summed E-state index contributed by atoms with van der Waals surface area (Å²) in [4.78, 5) is 28.9. The number of benzene rings is 3. The van der Waals surface area contributed by atoms with Gasteiger partial charge in [-0.3, -0.25) is 14.5 Å². The number of amides is 1. The quantitative estimate of drug-likeness (QED) is 0.302. The lowest BCUT2D eigenvalue weighted by atomic mass is 9.97. The summed E-state index contributed by atoms with van der Waals surface area (Å²) in [5, 5.41) is 0.114. The lowest BCUT2D eigenvalue weighted by Gasteiger charge is -2.26. The SMILES string of the molecule is CCCCOc1ccc(C2c3c(oc4ccc(F)cc4c3=O)C(=O)N2c2ccc(C)c(C)c2)cc1. The van der Waals surface area contributed by atoms with Gasteiger partial charge in [0, 0.05) is 5.69 Å². The van der Waals surface area contributed by atoms with Crippen LogP contribution < -0.4 is 15.1 Å². The molecule has 1 aromatic heterocycles. The predicted octanol–water partition coefficient (Wildman–Crippen LogP) is 6.48. The molecule has 1 unspecified atom stereocenters. The maximum absolute atomic E-state index is 14.0. The summed E-state index contributed by atoms with van der Waals surface area (Å²) in [6, 6.07) is 16.2. The Morgan fingerprint density at radius 2 is 1.74 bits per heavy atom. The lowest BCUT2D eigenvalue weighted by molar-refractivity contribution is 0.0971. The fourth-order valence-electron chi connectivity index (χ4n) is 4.48. The highest BCUT2D eigenvalue weighted by Crippen LogP contribution is 2.42. The molecule has 0 bridgehead atoms. The molecule has 1 aliphatic heterocycles. The van der Waals surface area contributed by atoms with Gasteiger partial charge in [0.25, 0.3) is 5.91 Å². The summed E-state index contributed by atoms with van der Waals surface area (Å²) in [5.41, 5.74) is 3.51. The molecule has 35 heavy (non-hydrogen) atoms. The van der Waals surface area contributed by atoms with Crippen LogP contribution >= 0.6 is 0 Å². The van der Waals surface area contributed by atoms with Gasteiger partial charge in [-0.2, -0.15) is 0 Å². The first-order chi connectivity index (χ1) is 16.9. The van der Waals surface area contributed by atoms with E-state index in [4.69, 9.17) is 9.15 Å². The van der Waals surface area contributed by atoms with Crippen LogP contribution in [-0.4, -0.2) is 12.5 Å². The molecule has 0 saturated carbocycles. The standard InChI is InChI=1S/C29H26FNO4/c1-4-5-14-34-22-11-7-19(8-12-22)26-25-27(32)23-16-20(30)9-13-24(23)35-28(25)29(33)31(26)21-10-6-17(2)18(3)15-21/h6-13,15-16,26H,4-5,14H2,1-3H3. The van der Waals surface area contributed by atoms with Gasteiger partial charge >= 0.3 is 0 Å². The number of fused-ring (bicyclic) bond motifs is 2. The molecule has 0 saturated heterocycles. The minimum Gasteiger partial charge on any atom is -0.494 e. The molecule has 4 aromatic rings. The van der Waals surface area contributed by atoms with Gasteiger partial charge < -0.3 is 9.15 Å². The Morgan fingerprint density at radius 3 is 2.46 bits per heavy atom. The number of nitrogens with zero attached hydrogens (tertiary/aromatic N) is 1. The number of rotatable bonds is 6. The number of carbonyl (C=O) groups is 1. The van der Waals surface area contributed by atoms with E-state index in [1.165, 1.54) is 12.1 Å². The first-order valence-electron chi connectivity index (χ1n) is 11.8. The van der Waals surface area contributed by atoms with Crippen LogP contribution in [0.25, 0.3) is 11.0 Å².